The first-order chi connectivity index (χ1) is 10.2. The van der Waals surface area contributed by atoms with E-state index in [2.05, 4.69) is 0 Å². The van der Waals surface area contributed by atoms with Crippen LogP contribution in [0.15, 0.2) is 30.3 Å². The van der Waals surface area contributed by atoms with Crippen LogP contribution in [0.4, 0.5) is 4.39 Å². The molecule has 0 aromatic heterocycles. The maximum atomic E-state index is 13.7. The monoisotopic (exact) mass is 309 g/mol. The minimum absolute atomic E-state index is 0.0546. The zero-order valence-corrected chi connectivity index (χ0v) is 11.8. The predicted molar refractivity (Wildman–Crippen MR) is 76.2 cm³/mol. The molecule has 110 valence electrons. The van der Waals surface area contributed by atoms with E-state index >= 15 is 0 Å². The molecule has 0 radical (unpaired) electrons. The number of ether oxygens (including phenoxy) is 3. The number of halogens is 2. The second-order valence-electron chi connectivity index (χ2n) is 4.54. The van der Waals surface area contributed by atoms with Gasteiger partial charge >= 0.3 is 0 Å². The molecule has 1 aliphatic rings. The summed E-state index contributed by atoms with van der Waals surface area (Å²) in [5.74, 6) is 1.40. The van der Waals surface area contributed by atoms with Gasteiger partial charge in [-0.3, -0.25) is 0 Å². The Morgan fingerprint density at radius 2 is 1.90 bits per heavy atom. The van der Waals surface area contributed by atoms with Crippen molar-refractivity contribution in [1.29, 1.82) is 0 Å². The van der Waals surface area contributed by atoms with Crippen molar-refractivity contribution in [1.82, 2.24) is 0 Å². The first kappa shape index (κ1) is 14.0. The van der Waals surface area contributed by atoms with Crippen LogP contribution in [-0.2, 0) is 13.2 Å². The van der Waals surface area contributed by atoms with E-state index in [4.69, 9.17) is 31.5 Å². The zero-order chi connectivity index (χ0) is 14.8. The van der Waals surface area contributed by atoms with Crippen molar-refractivity contribution in [3.63, 3.8) is 0 Å². The van der Waals surface area contributed by atoms with Crippen molar-refractivity contribution < 1.29 is 18.6 Å². The van der Waals surface area contributed by atoms with E-state index in [1.54, 1.807) is 12.1 Å². The van der Waals surface area contributed by atoms with Crippen molar-refractivity contribution in [2.75, 3.05) is 6.79 Å². The van der Waals surface area contributed by atoms with E-state index in [9.17, 15) is 4.39 Å². The van der Waals surface area contributed by atoms with E-state index in [1.165, 1.54) is 18.2 Å². The van der Waals surface area contributed by atoms with Crippen molar-refractivity contribution in [2.45, 2.75) is 13.2 Å². The van der Waals surface area contributed by atoms with Gasteiger partial charge in [-0.25, -0.2) is 4.39 Å². The van der Waals surface area contributed by atoms with Crippen LogP contribution in [0.2, 0.25) is 5.02 Å². The molecule has 0 saturated carbocycles. The molecule has 0 spiro atoms. The topological polar surface area (TPSA) is 53.7 Å². The number of nitrogens with two attached hydrogens (primary N) is 1. The van der Waals surface area contributed by atoms with Crippen LogP contribution in [0.5, 0.6) is 17.2 Å². The number of hydrogen-bond acceptors (Lipinski definition) is 4. The third kappa shape index (κ3) is 2.89. The van der Waals surface area contributed by atoms with Gasteiger partial charge in [0.25, 0.3) is 0 Å². The maximum absolute atomic E-state index is 13.7. The van der Waals surface area contributed by atoms with Gasteiger partial charge in [0, 0.05) is 28.8 Å². The molecule has 2 aromatic rings. The molecule has 3 rings (SSSR count). The van der Waals surface area contributed by atoms with Crippen LogP contribution in [0.25, 0.3) is 0 Å². The molecule has 0 atom stereocenters. The zero-order valence-electron chi connectivity index (χ0n) is 11.1. The summed E-state index contributed by atoms with van der Waals surface area (Å²) >= 11 is 5.86. The predicted octanol–water partition coefficient (Wildman–Crippen LogP) is 3.25. The molecule has 1 heterocycles. The summed E-state index contributed by atoms with van der Waals surface area (Å²) in [5, 5.41) is 0.458. The fourth-order valence-corrected chi connectivity index (χ4v) is 2.26. The van der Waals surface area contributed by atoms with Gasteiger partial charge < -0.3 is 19.9 Å². The number of rotatable bonds is 4. The summed E-state index contributed by atoms with van der Waals surface area (Å²) in [6.45, 7) is 0.509. The number of hydrogen-bond donors (Lipinski definition) is 1. The first-order valence-corrected chi connectivity index (χ1v) is 6.74. The highest BCUT2D eigenvalue weighted by Crippen LogP contribution is 2.38. The van der Waals surface area contributed by atoms with Crippen LogP contribution >= 0.6 is 11.6 Å². The molecule has 2 N–H and O–H groups in total. The summed E-state index contributed by atoms with van der Waals surface area (Å²) in [7, 11) is 0. The Labute approximate surface area is 126 Å². The van der Waals surface area contributed by atoms with Crippen LogP contribution in [0.1, 0.15) is 11.1 Å². The second kappa shape index (κ2) is 5.79. The molecule has 4 nitrogen and oxygen atoms in total. The van der Waals surface area contributed by atoms with Crippen molar-refractivity contribution in [3.05, 3.63) is 52.3 Å². The quantitative estimate of drug-likeness (QED) is 0.942. The molecule has 0 fully saturated rings. The van der Waals surface area contributed by atoms with Gasteiger partial charge in [0.2, 0.25) is 6.79 Å². The van der Waals surface area contributed by atoms with Crippen molar-refractivity contribution in [2.24, 2.45) is 5.73 Å². The van der Waals surface area contributed by atoms with E-state index < -0.39 is 0 Å². The van der Waals surface area contributed by atoms with Crippen LogP contribution in [-0.4, -0.2) is 6.79 Å². The Balaban J connectivity index is 1.83. The largest absolute Gasteiger partial charge is 0.488 e. The molecule has 6 heteroatoms. The van der Waals surface area contributed by atoms with E-state index in [0.29, 0.717) is 27.8 Å². The van der Waals surface area contributed by atoms with Gasteiger partial charge in [-0.15, -0.1) is 0 Å². The van der Waals surface area contributed by atoms with E-state index in [1.807, 2.05) is 0 Å². The molecule has 0 bridgehead atoms. The summed E-state index contributed by atoms with van der Waals surface area (Å²) in [4.78, 5) is 0. The average molecular weight is 310 g/mol. The lowest BCUT2D eigenvalue weighted by atomic mass is 10.1. The van der Waals surface area contributed by atoms with Gasteiger partial charge in [0.05, 0.1) is 0 Å². The van der Waals surface area contributed by atoms with Gasteiger partial charge in [-0.05, 0) is 24.3 Å². The maximum Gasteiger partial charge on any atom is 0.231 e. The summed E-state index contributed by atoms with van der Waals surface area (Å²) in [6.07, 6.45) is 0. The average Bonchev–Trinajstić information content (AvgIpc) is 2.94. The van der Waals surface area contributed by atoms with Crippen LogP contribution in [0, 0.1) is 5.82 Å². The van der Waals surface area contributed by atoms with Crippen LogP contribution in [0.3, 0.4) is 0 Å². The number of fused-ring (bicyclic) bond motifs is 1. The molecular formula is C15H13ClFNO3. The smallest absolute Gasteiger partial charge is 0.231 e. The highest BCUT2D eigenvalue weighted by Gasteiger charge is 2.18. The van der Waals surface area contributed by atoms with Gasteiger partial charge in [-0.2, -0.15) is 0 Å². The van der Waals surface area contributed by atoms with Crippen molar-refractivity contribution >= 4 is 11.6 Å². The third-order valence-corrected chi connectivity index (χ3v) is 3.40. The second-order valence-corrected chi connectivity index (χ2v) is 4.98. The summed E-state index contributed by atoms with van der Waals surface area (Å²) < 4.78 is 29.9. The minimum Gasteiger partial charge on any atom is -0.488 e. The normalized spacial score (nSPS) is 12.5. The lowest BCUT2D eigenvalue weighted by Gasteiger charge is -2.12. The first-order valence-electron chi connectivity index (χ1n) is 6.36. The minimum atomic E-state index is -0.366. The lowest BCUT2D eigenvalue weighted by Crippen LogP contribution is -2.04. The Morgan fingerprint density at radius 1 is 1.14 bits per heavy atom. The summed E-state index contributed by atoms with van der Waals surface area (Å²) in [6, 6.07) is 7.81. The standard InChI is InChI=1S/C15H13ClFNO3/c16-11-1-2-12(17)10(3-11)7-19-13-5-15-14(20-8-21-15)4-9(13)6-18/h1-5H,6-8,18H2. The molecule has 21 heavy (non-hydrogen) atoms. The SMILES string of the molecule is NCc1cc2c(cc1OCc1cc(Cl)ccc1F)OCO2. The molecule has 0 unspecified atom stereocenters. The molecule has 0 saturated heterocycles. The molecule has 1 aliphatic heterocycles. The fraction of sp³-hybridized carbons (Fsp3) is 0.200. The Kier molecular flexibility index (Phi) is 3.86. The van der Waals surface area contributed by atoms with Crippen molar-refractivity contribution in [3.8, 4) is 17.2 Å². The molecular weight excluding hydrogens is 297 g/mol. The fourth-order valence-electron chi connectivity index (χ4n) is 2.07. The lowest BCUT2D eigenvalue weighted by molar-refractivity contribution is 0.173. The van der Waals surface area contributed by atoms with Gasteiger partial charge in [0.15, 0.2) is 11.5 Å². The number of benzene rings is 2. The highest BCUT2D eigenvalue weighted by atomic mass is 35.5. The third-order valence-electron chi connectivity index (χ3n) is 3.17. The Morgan fingerprint density at radius 3 is 2.67 bits per heavy atom. The molecule has 0 aliphatic carbocycles. The Bertz CT molecular complexity index is 678. The molecule has 0 amide bonds. The Hall–Kier alpha value is -1.98. The highest BCUT2D eigenvalue weighted by molar-refractivity contribution is 6.30. The van der Waals surface area contributed by atoms with E-state index in [-0.39, 0.29) is 25.8 Å². The molecule has 2 aromatic carbocycles. The van der Waals surface area contributed by atoms with Gasteiger partial charge in [0.1, 0.15) is 18.2 Å². The summed E-state index contributed by atoms with van der Waals surface area (Å²) in [5.41, 5.74) is 6.84. The van der Waals surface area contributed by atoms with Crippen LogP contribution < -0.4 is 19.9 Å². The van der Waals surface area contributed by atoms with Gasteiger partial charge in [-0.1, -0.05) is 11.6 Å². The van der Waals surface area contributed by atoms with E-state index in [0.717, 1.165) is 5.56 Å².